The highest BCUT2D eigenvalue weighted by molar-refractivity contribution is 6.33. The summed E-state index contributed by atoms with van der Waals surface area (Å²) in [5, 5.41) is 4.72. The number of nitrogens with zero attached hydrogens (tertiary/aromatic N) is 2. The Morgan fingerprint density at radius 1 is 1.15 bits per heavy atom. The molecule has 0 fully saturated rings. The summed E-state index contributed by atoms with van der Waals surface area (Å²) in [6.07, 6.45) is 0. The van der Waals surface area contributed by atoms with Gasteiger partial charge in [-0.25, -0.2) is 0 Å². The van der Waals surface area contributed by atoms with Gasteiger partial charge in [-0.15, -0.1) is 0 Å². The van der Waals surface area contributed by atoms with Gasteiger partial charge >= 0.3 is 0 Å². The van der Waals surface area contributed by atoms with Gasteiger partial charge in [0.25, 0.3) is 0 Å². The van der Waals surface area contributed by atoms with Crippen molar-refractivity contribution in [3.63, 3.8) is 0 Å². The van der Waals surface area contributed by atoms with E-state index in [0.717, 1.165) is 40.6 Å². The van der Waals surface area contributed by atoms with Crippen molar-refractivity contribution < 1.29 is 9.26 Å². The zero-order chi connectivity index (χ0) is 18.3. The van der Waals surface area contributed by atoms with E-state index in [2.05, 4.69) is 41.2 Å². The van der Waals surface area contributed by atoms with Crippen LogP contribution in [0.5, 0.6) is 5.75 Å². The van der Waals surface area contributed by atoms with Crippen molar-refractivity contribution >= 4 is 17.3 Å². The Labute approximate surface area is 158 Å². The third kappa shape index (κ3) is 2.84. The van der Waals surface area contributed by atoms with Crippen LogP contribution in [0, 0.1) is 13.8 Å². The number of hydrogen-bond acceptors (Lipinski definition) is 4. The minimum absolute atomic E-state index is 0.236. The van der Waals surface area contributed by atoms with Crippen molar-refractivity contribution in [2.45, 2.75) is 26.8 Å². The number of benzene rings is 2. The van der Waals surface area contributed by atoms with E-state index in [1.165, 1.54) is 5.56 Å². The van der Waals surface area contributed by atoms with Gasteiger partial charge in [-0.3, -0.25) is 0 Å². The van der Waals surface area contributed by atoms with Gasteiger partial charge in [0.2, 0.25) is 0 Å². The van der Waals surface area contributed by atoms with Crippen molar-refractivity contribution in [2.24, 2.45) is 0 Å². The molecule has 1 unspecified atom stereocenters. The molecule has 1 aromatic heterocycles. The molecule has 1 atom stereocenters. The molecule has 0 amide bonds. The molecule has 2 aromatic carbocycles. The van der Waals surface area contributed by atoms with Crippen LogP contribution < -0.4 is 9.64 Å². The number of aromatic nitrogens is 1. The largest absolute Gasteiger partial charge is 0.490 e. The standard InChI is InChI=1S/C21H21ClN2O2/c1-13-21(15(3)26-23-13)17-11-20-19(12-18(17)22)24(9-10-25-20)14(2)16-7-5-4-6-8-16/h4-8,11-12,14H,9-10H2,1-3H3. The summed E-state index contributed by atoms with van der Waals surface area (Å²) < 4.78 is 11.3. The summed E-state index contributed by atoms with van der Waals surface area (Å²) in [6, 6.07) is 14.7. The molecular formula is C21H21ClN2O2. The fraction of sp³-hybridized carbons (Fsp3) is 0.286. The van der Waals surface area contributed by atoms with E-state index in [-0.39, 0.29) is 6.04 Å². The molecule has 4 rings (SSSR count). The van der Waals surface area contributed by atoms with E-state index < -0.39 is 0 Å². The van der Waals surface area contributed by atoms with Crippen LogP contribution >= 0.6 is 11.6 Å². The minimum atomic E-state index is 0.236. The highest BCUT2D eigenvalue weighted by Crippen LogP contribution is 2.44. The molecule has 0 saturated carbocycles. The highest BCUT2D eigenvalue weighted by atomic mass is 35.5. The Hall–Kier alpha value is -2.46. The minimum Gasteiger partial charge on any atom is -0.490 e. The highest BCUT2D eigenvalue weighted by Gasteiger charge is 2.26. The van der Waals surface area contributed by atoms with Gasteiger partial charge in [0.15, 0.2) is 0 Å². The Morgan fingerprint density at radius 3 is 2.62 bits per heavy atom. The lowest BCUT2D eigenvalue weighted by atomic mass is 10.0. The second-order valence-corrected chi connectivity index (χ2v) is 7.03. The van der Waals surface area contributed by atoms with E-state index in [1.807, 2.05) is 32.0 Å². The average Bonchev–Trinajstić information content (AvgIpc) is 2.99. The molecule has 0 spiro atoms. The van der Waals surface area contributed by atoms with Crippen LogP contribution in [-0.2, 0) is 0 Å². The van der Waals surface area contributed by atoms with Crippen LogP contribution in [-0.4, -0.2) is 18.3 Å². The molecule has 2 heterocycles. The molecule has 0 radical (unpaired) electrons. The maximum atomic E-state index is 6.66. The summed E-state index contributed by atoms with van der Waals surface area (Å²) in [5.41, 5.74) is 4.96. The van der Waals surface area contributed by atoms with Gasteiger partial charge < -0.3 is 14.2 Å². The molecule has 4 nitrogen and oxygen atoms in total. The smallest absolute Gasteiger partial charge is 0.143 e. The zero-order valence-electron chi connectivity index (χ0n) is 15.1. The van der Waals surface area contributed by atoms with Gasteiger partial charge in [-0.05, 0) is 38.5 Å². The van der Waals surface area contributed by atoms with Crippen LogP contribution in [0.25, 0.3) is 11.1 Å². The molecule has 134 valence electrons. The lowest BCUT2D eigenvalue weighted by Gasteiger charge is -2.36. The van der Waals surface area contributed by atoms with Crippen molar-refractivity contribution in [2.75, 3.05) is 18.1 Å². The van der Waals surface area contributed by atoms with E-state index >= 15 is 0 Å². The third-order valence-corrected chi connectivity index (χ3v) is 5.31. The fourth-order valence-electron chi connectivity index (χ4n) is 3.63. The van der Waals surface area contributed by atoms with E-state index in [4.69, 9.17) is 20.9 Å². The molecule has 26 heavy (non-hydrogen) atoms. The quantitative estimate of drug-likeness (QED) is 0.605. The molecule has 5 heteroatoms. The van der Waals surface area contributed by atoms with Gasteiger partial charge in [-0.1, -0.05) is 47.1 Å². The Kier molecular flexibility index (Phi) is 4.37. The second-order valence-electron chi connectivity index (χ2n) is 6.63. The predicted molar refractivity (Wildman–Crippen MR) is 104 cm³/mol. The van der Waals surface area contributed by atoms with E-state index in [0.29, 0.717) is 11.6 Å². The van der Waals surface area contributed by atoms with E-state index in [9.17, 15) is 0 Å². The van der Waals surface area contributed by atoms with Crippen LogP contribution in [0.3, 0.4) is 0 Å². The first kappa shape index (κ1) is 17.0. The Morgan fingerprint density at radius 2 is 1.92 bits per heavy atom. The monoisotopic (exact) mass is 368 g/mol. The van der Waals surface area contributed by atoms with Crippen molar-refractivity contribution in [3.05, 3.63) is 64.5 Å². The molecular weight excluding hydrogens is 348 g/mol. The van der Waals surface area contributed by atoms with Crippen molar-refractivity contribution in [3.8, 4) is 16.9 Å². The summed E-state index contributed by atoms with van der Waals surface area (Å²) in [4.78, 5) is 2.34. The first-order chi connectivity index (χ1) is 12.6. The van der Waals surface area contributed by atoms with Gasteiger partial charge in [-0.2, -0.15) is 0 Å². The van der Waals surface area contributed by atoms with Crippen LogP contribution in [0.2, 0.25) is 5.02 Å². The number of anilines is 1. The molecule has 0 aliphatic carbocycles. The summed E-state index contributed by atoms with van der Waals surface area (Å²) in [6.45, 7) is 7.50. The number of halogens is 1. The van der Waals surface area contributed by atoms with Crippen molar-refractivity contribution in [1.29, 1.82) is 0 Å². The SMILES string of the molecule is Cc1noc(C)c1-c1cc2c(cc1Cl)N(C(C)c1ccccc1)CCO2. The molecule has 0 bridgehead atoms. The summed E-state index contributed by atoms with van der Waals surface area (Å²) >= 11 is 6.66. The van der Waals surface area contributed by atoms with Crippen LogP contribution in [0.1, 0.15) is 30.0 Å². The normalized spacial score (nSPS) is 14.7. The molecule has 0 N–H and O–H groups in total. The van der Waals surface area contributed by atoms with Gasteiger partial charge in [0.05, 0.1) is 29.0 Å². The third-order valence-electron chi connectivity index (χ3n) is 5.00. The molecule has 3 aromatic rings. The Balaban J connectivity index is 1.77. The van der Waals surface area contributed by atoms with Crippen molar-refractivity contribution in [1.82, 2.24) is 5.16 Å². The fourth-order valence-corrected chi connectivity index (χ4v) is 3.88. The number of aryl methyl sites for hydroxylation is 2. The van der Waals surface area contributed by atoms with E-state index in [1.54, 1.807) is 0 Å². The predicted octanol–water partition coefficient (Wildman–Crippen LogP) is 5.57. The average molecular weight is 369 g/mol. The second kappa shape index (κ2) is 6.69. The zero-order valence-corrected chi connectivity index (χ0v) is 15.9. The first-order valence-electron chi connectivity index (χ1n) is 8.77. The van der Waals surface area contributed by atoms with Crippen LogP contribution in [0.4, 0.5) is 5.69 Å². The summed E-state index contributed by atoms with van der Waals surface area (Å²) in [5.74, 6) is 1.60. The number of fused-ring (bicyclic) bond motifs is 1. The first-order valence-corrected chi connectivity index (χ1v) is 9.15. The number of hydrogen-bond donors (Lipinski definition) is 0. The molecule has 1 aliphatic rings. The molecule has 1 aliphatic heterocycles. The lowest BCUT2D eigenvalue weighted by molar-refractivity contribution is 0.302. The number of ether oxygens (including phenoxy) is 1. The van der Waals surface area contributed by atoms with Gasteiger partial charge in [0.1, 0.15) is 18.1 Å². The van der Waals surface area contributed by atoms with Crippen LogP contribution in [0.15, 0.2) is 47.0 Å². The maximum Gasteiger partial charge on any atom is 0.143 e. The van der Waals surface area contributed by atoms with Gasteiger partial charge in [0, 0.05) is 11.1 Å². The Bertz CT molecular complexity index is 917. The lowest BCUT2D eigenvalue weighted by Crippen LogP contribution is -2.35. The number of rotatable bonds is 3. The maximum absolute atomic E-state index is 6.66. The summed E-state index contributed by atoms with van der Waals surface area (Å²) in [7, 11) is 0. The molecule has 0 saturated heterocycles. The topological polar surface area (TPSA) is 38.5 Å².